The van der Waals surface area contributed by atoms with Crippen molar-refractivity contribution in [3.8, 4) is 0 Å². The lowest BCUT2D eigenvalue weighted by Gasteiger charge is -2.20. The summed E-state index contributed by atoms with van der Waals surface area (Å²) in [6, 6.07) is 8.10. The Hall–Kier alpha value is -1.88. The molecule has 4 nitrogen and oxygen atoms in total. The van der Waals surface area contributed by atoms with Crippen LogP contribution in [0.25, 0.3) is 0 Å². The summed E-state index contributed by atoms with van der Waals surface area (Å²) in [4.78, 5) is 16.7. The monoisotopic (exact) mass is 330 g/mol. The molecule has 1 N–H and O–H groups in total. The van der Waals surface area contributed by atoms with Crippen molar-refractivity contribution < 1.29 is 9.53 Å². The molecule has 0 bridgehead atoms. The number of carbonyl (C=O) groups is 1. The molecule has 1 aromatic heterocycles. The average molecular weight is 330 g/mol. The maximum atomic E-state index is 12.1. The summed E-state index contributed by atoms with van der Waals surface area (Å²) >= 11 is 1.54. The van der Waals surface area contributed by atoms with Crippen molar-refractivity contribution in [3.63, 3.8) is 0 Å². The smallest absolute Gasteiger partial charge is 0.310 e. The Kier molecular flexibility index (Phi) is 4.15. The van der Waals surface area contributed by atoms with Crippen LogP contribution in [-0.2, 0) is 15.1 Å². The zero-order valence-electron chi connectivity index (χ0n) is 13.9. The molecular weight excluding hydrogens is 308 g/mol. The number of benzene rings is 1. The molecule has 5 heteroatoms. The molecule has 0 spiro atoms. The number of esters is 1. The first-order valence-electron chi connectivity index (χ1n) is 7.90. The third-order valence-electron chi connectivity index (χ3n) is 4.48. The standard InChI is InChI=1S/C18H22N2O2S/c1-11(2)13-9-18(4,22-16(13)21)15-10-23-17(20-15)19-14-8-6-5-7-12(14)3/h5-8,10-11,13H,9H2,1-4H3,(H,19,20)/t13-,18-/m1/s1. The second kappa shape index (κ2) is 5.96. The number of nitrogens with one attached hydrogen (secondary N) is 1. The van der Waals surface area contributed by atoms with Gasteiger partial charge in [-0.05, 0) is 31.4 Å². The van der Waals surface area contributed by atoms with Crippen molar-refractivity contribution in [2.24, 2.45) is 11.8 Å². The van der Waals surface area contributed by atoms with Gasteiger partial charge < -0.3 is 10.1 Å². The van der Waals surface area contributed by atoms with E-state index in [4.69, 9.17) is 4.74 Å². The Labute approximate surface area is 140 Å². The molecule has 2 atom stereocenters. The molecule has 0 unspecified atom stereocenters. The van der Waals surface area contributed by atoms with Crippen LogP contribution in [-0.4, -0.2) is 11.0 Å². The Bertz CT molecular complexity index is 725. The number of aryl methyl sites for hydroxylation is 1. The summed E-state index contributed by atoms with van der Waals surface area (Å²) < 4.78 is 5.67. The highest BCUT2D eigenvalue weighted by atomic mass is 32.1. The van der Waals surface area contributed by atoms with Crippen molar-refractivity contribution in [2.75, 3.05) is 5.32 Å². The van der Waals surface area contributed by atoms with Crippen LogP contribution in [0.1, 0.15) is 38.4 Å². The first-order valence-corrected chi connectivity index (χ1v) is 8.78. The van der Waals surface area contributed by atoms with Gasteiger partial charge in [0.15, 0.2) is 10.7 Å². The molecule has 2 heterocycles. The highest BCUT2D eigenvalue weighted by Crippen LogP contribution is 2.43. The highest BCUT2D eigenvalue weighted by Gasteiger charge is 2.47. The van der Waals surface area contributed by atoms with E-state index in [-0.39, 0.29) is 17.8 Å². The van der Waals surface area contributed by atoms with E-state index in [0.29, 0.717) is 6.42 Å². The highest BCUT2D eigenvalue weighted by molar-refractivity contribution is 7.13. The van der Waals surface area contributed by atoms with Crippen LogP contribution in [0.3, 0.4) is 0 Å². The van der Waals surface area contributed by atoms with Crippen LogP contribution in [0.15, 0.2) is 29.6 Å². The SMILES string of the molecule is Cc1ccccc1Nc1nc([C@@]2(C)C[C@H](C(C)C)C(=O)O2)cs1. The molecule has 0 radical (unpaired) electrons. The van der Waals surface area contributed by atoms with Crippen LogP contribution in [0.2, 0.25) is 0 Å². The van der Waals surface area contributed by atoms with Crippen LogP contribution in [0, 0.1) is 18.8 Å². The van der Waals surface area contributed by atoms with Crippen LogP contribution in [0.4, 0.5) is 10.8 Å². The lowest BCUT2D eigenvalue weighted by Crippen LogP contribution is -2.21. The fourth-order valence-electron chi connectivity index (χ4n) is 2.91. The van der Waals surface area contributed by atoms with E-state index >= 15 is 0 Å². The minimum atomic E-state index is -0.617. The number of hydrogen-bond acceptors (Lipinski definition) is 5. The topological polar surface area (TPSA) is 51.2 Å². The fraction of sp³-hybridized carbons (Fsp3) is 0.444. The van der Waals surface area contributed by atoms with E-state index in [0.717, 1.165) is 16.5 Å². The Morgan fingerprint density at radius 3 is 2.78 bits per heavy atom. The quantitative estimate of drug-likeness (QED) is 0.831. The number of nitrogens with zero attached hydrogens (tertiary/aromatic N) is 1. The minimum Gasteiger partial charge on any atom is -0.453 e. The normalized spacial score (nSPS) is 24.0. The number of rotatable bonds is 4. The zero-order chi connectivity index (χ0) is 16.6. The zero-order valence-corrected chi connectivity index (χ0v) is 14.7. The van der Waals surface area contributed by atoms with E-state index in [2.05, 4.69) is 37.1 Å². The molecule has 0 aliphatic carbocycles. The number of thiazole rings is 1. The molecule has 1 aliphatic heterocycles. The van der Waals surface area contributed by atoms with Gasteiger partial charge in [0, 0.05) is 17.5 Å². The maximum absolute atomic E-state index is 12.1. The number of anilines is 2. The fourth-order valence-corrected chi connectivity index (χ4v) is 3.75. The average Bonchev–Trinajstić information content (AvgIpc) is 3.07. The summed E-state index contributed by atoms with van der Waals surface area (Å²) in [5.74, 6) is 0.130. The van der Waals surface area contributed by atoms with Gasteiger partial charge >= 0.3 is 5.97 Å². The van der Waals surface area contributed by atoms with Crippen molar-refractivity contribution >= 4 is 28.1 Å². The molecule has 0 saturated carbocycles. The minimum absolute atomic E-state index is 0.0468. The number of cyclic esters (lactones) is 1. The lowest BCUT2D eigenvalue weighted by atomic mass is 9.87. The number of ether oxygens (including phenoxy) is 1. The molecule has 3 rings (SSSR count). The van der Waals surface area contributed by atoms with E-state index in [1.807, 2.05) is 30.5 Å². The molecule has 1 aromatic carbocycles. The van der Waals surface area contributed by atoms with Gasteiger partial charge in [0.1, 0.15) is 0 Å². The summed E-state index contributed by atoms with van der Waals surface area (Å²) in [5, 5.41) is 6.15. The van der Waals surface area contributed by atoms with Crippen molar-refractivity contribution in [3.05, 3.63) is 40.9 Å². The number of hydrogen-bond donors (Lipinski definition) is 1. The predicted molar refractivity (Wildman–Crippen MR) is 93.0 cm³/mol. The van der Waals surface area contributed by atoms with Gasteiger partial charge in [-0.25, -0.2) is 4.98 Å². The number of para-hydroxylation sites is 1. The molecule has 23 heavy (non-hydrogen) atoms. The van der Waals surface area contributed by atoms with Crippen molar-refractivity contribution in [1.82, 2.24) is 4.98 Å². The van der Waals surface area contributed by atoms with E-state index in [9.17, 15) is 4.79 Å². The van der Waals surface area contributed by atoms with Gasteiger partial charge in [-0.2, -0.15) is 0 Å². The molecule has 2 aromatic rings. The van der Waals surface area contributed by atoms with Gasteiger partial charge in [-0.1, -0.05) is 32.0 Å². The summed E-state index contributed by atoms with van der Waals surface area (Å²) in [6.07, 6.45) is 0.692. The second-order valence-electron chi connectivity index (χ2n) is 6.68. The molecular formula is C18H22N2O2S. The van der Waals surface area contributed by atoms with E-state index in [1.165, 1.54) is 16.9 Å². The largest absolute Gasteiger partial charge is 0.453 e. The van der Waals surface area contributed by atoms with Crippen molar-refractivity contribution in [2.45, 2.75) is 39.7 Å². The van der Waals surface area contributed by atoms with E-state index in [1.54, 1.807) is 0 Å². The predicted octanol–water partition coefficient (Wildman–Crippen LogP) is 4.63. The maximum Gasteiger partial charge on any atom is 0.310 e. The Balaban J connectivity index is 1.80. The third kappa shape index (κ3) is 3.11. The Morgan fingerprint density at radius 2 is 2.13 bits per heavy atom. The van der Waals surface area contributed by atoms with Crippen LogP contribution < -0.4 is 5.32 Å². The Morgan fingerprint density at radius 1 is 1.39 bits per heavy atom. The molecule has 1 saturated heterocycles. The first kappa shape index (κ1) is 16.0. The summed E-state index contributed by atoms with van der Waals surface area (Å²) in [7, 11) is 0. The van der Waals surface area contributed by atoms with Crippen molar-refractivity contribution in [1.29, 1.82) is 0 Å². The van der Waals surface area contributed by atoms with E-state index < -0.39 is 5.60 Å². The van der Waals surface area contributed by atoms with Gasteiger partial charge in [-0.15, -0.1) is 11.3 Å². The van der Waals surface area contributed by atoms with Crippen LogP contribution in [0.5, 0.6) is 0 Å². The van der Waals surface area contributed by atoms with Gasteiger partial charge in [-0.3, -0.25) is 4.79 Å². The summed E-state index contributed by atoms with van der Waals surface area (Å²) in [5.41, 5.74) is 2.42. The lowest BCUT2D eigenvalue weighted by molar-refractivity contribution is -0.151. The second-order valence-corrected chi connectivity index (χ2v) is 7.54. The molecule has 1 fully saturated rings. The summed E-state index contributed by atoms with van der Waals surface area (Å²) in [6.45, 7) is 8.14. The molecule has 1 aliphatic rings. The molecule has 122 valence electrons. The van der Waals surface area contributed by atoms with Gasteiger partial charge in [0.25, 0.3) is 0 Å². The third-order valence-corrected chi connectivity index (χ3v) is 5.23. The number of aromatic nitrogens is 1. The first-order chi connectivity index (χ1) is 10.9. The molecule has 0 amide bonds. The van der Waals surface area contributed by atoms with Gasteiger partial charge in [0.2, 0.25) is 0 Å². The number of carbonyl (C=O) groups excluding carboxylic acids is 1. The van der Waals surface area contributed by atoms with Gasteiger partial charge in [0.05, 0.1) is 11.6 Å². The van der Waals surface area contributed by atoms with Crippen LogP contribution >= 0.6 is 11.3 Å².